The first-order chi connectivity index (χ1) is 11.2. The lowest BCUT2D eigenvalue weighted by Gasteiger charge is -2.33. The van der Waals surface area contributed by atoms with Crippen molar-refractivity contribution in [1.29, 1.82) is 0 Å². The molecule has 1 heterocycles. The molecule has 3 unspecified atom stereocenters. The smallest absolute Gasteiger partial charge is 0.208 e. The SMILES string of the molecule is CCC1CCC(C)C1N1Oc2ccccc2C=[N+]1CCCOC. The van der Waals surface area contributed by atoms with E-state index < -0.39 is 0 Å². The van der Waals surface area contributed by atoms with Crippen molar-refractivity contribution < 1.29 is 14.3 Å². The van der Waals surface area contributed by atoms with Crippen LogP contribution < -0.4 is 4.84 Å². The molecule has 23 heavy (non-hydrogen) atoms. The predicted octanol–water partition coefficient (Wildman–Crippen LogP) is 3.50. The van der Waals surface area contributed by atoms with Gasteiger partial charge in [0, 0.05) is 13.5 Å². The number of nitrogens with zero attached hydrogens (tertiary/aromatic N) is 2. The molecule has 1 aromatic carbocycles. The number of para-hydroxylation sites is 1. The Labute approximate surface area is 139 Å². The molecule has 0 aromatic heterocycles. The maximum Gasteiger partial charge on any atom is 0.208 e. The molecule has 3 rings (SSSR count). The first-order valence-corrected chi connectivity index (χ1v) is 8.91. The summed E-state index contributed by atoms with van der Waals surface area (Å²) in [4.78, 5) is 6.35. The Kier molecular flexibility index (Phi) is 5.21. The summed E-state index contributed by atoms with van der Waals surface area (Å²) in [5.41, 5.74) is 1.15. The summed E-state index contributed by atoms with van der Waals surface area (Å²) in [5.74, 6) is 2.32. The van der Waals surface area contributed by atoms with Gasteiger partial charge in [-0.2, -0.15) is 0 Å². The summed E-state index contributed by atoms with van der Waals surface area (Å²) in [5, 5.41) is 2.16. The molecule has 1 aromatic rings. The maximum absolute atomic E-state index is 6.35. The standard InChI is InChI=1S/C19H29N2O2/c1-4-16-11-10-15(2)19(16)21-20(12-7-13-22-3)14-17-8-5-6-9-18(17)23-21/h5-6,8-9,14-16,19H,4,7,10-13H2,1-3H3/q+1. The van der Waals surface area contributed by atoms with E-state index in [9.17, 15) is 0 Å². The van der Waals surface area contributed by atoms with Gasteiger partial charge in [0.2, 0.25) is 6.21 Å². The van der Waals surface area contributed by atoms with E-state index in [2.05, 4.69) is 48.1 Å². The van der Waals surface area contributed by atoms with Crippen molar-refractivity contribution in [2.75, 3.05) is 20.3 Å². The van der Waals surface area contributed by atoms with Crippen LogP contribution in [0.25, 0.3) is 0 Å². The van der Waals surface area contributed by atoms with E-state index in [0.717, 1.165) is 30.9 Å². The lowest BCUT2D eigenvalue weighted by molar-refractivity contribution is -0.757. The molecule has 1 fully saturated rings. The average molecular weight is 317 g/mol. The molecule has 126 valence electrons. The average Bonchev–Trinajstić information content (AvgIpc) is 2.95. The number of rotatable bonds is 6. The molecule has 4 heteroatoms. The van der Waals surface area contributed by atoms with Crippen molar-refractivity contribution in [2.45, 2.75) is 45.6 Å². The Morgan fingerprint density at radius 3 is 2.91 bits per heavy atom. The summed E-state index contributed by atoms with van der Waals surface area (Å²) in [6, 6.07) is 8.74. The van der Waals surface area contributed by atoms with Gasteiger partial charge in [-0.05, 0) is 42.0 Å². The van der Waals surface area contributed by atoms with Gasteiger partial charge in [0.1, 0.15) is 6.04 Å². The molecule has 4 nitrogen and oxygen atoms in total. The zero-order valence-corrected chi connectivity index (χ0v) is 14.6. The second-order valence-corrected chi connectivity index (χ2v) is 6.78. The van der Waals surface area contributed by atoms with Crippen LogP contribution in [0.4, 0.5) is 0 Å². The molecule has 0 N–H and O–H groups in total. The van der Waals surface area contributed by atoms with E-state index in [1.165, 1.54) is 19.3 Å². The third kappa shape index (κ3) is 3.37. The Balaban J connectivity index is 1.87. The third-order valence-corrected chi connectivity index (χ3v) is 5.23. The molecule has 0 bridgehead atoms. The number of ether oxygens (including phenoxy) is 1. The van der Waals surface area contributed by atoms with Gasteiger partial charge in [-0.3, -0.25) is 0 Å². The van der Waals surface area contributed by atoms with Crippen molar-refractivity contribution in [3.8, 4) is 5.75 Å². The largest absolute Gasteiger partial charge is 0.384 e. The molecule has 3 atom stereocenters. The molecule has 1 aliphatic heterocycles. The number of fused-ring (bicyclic) bond motifs is 1. The molecular formula is C19H29N2O2+. The summed E-state index contributed by atoms with van der Waals surface area (Å²) >= 11 is 0. The number of hydroxylamine groups is 1. The van der Waals surface area contributed by atoms with Crippen molar-refractivity contribution in [1.82, 2.24) is 5.17 Å². The highest BCUT2D eigenvalue weighted by Crippen LogP contribution is 2.38. The van der Waals surface area contributed by atoms with Crippen LogP contribution >= 0.6 is 0 Å². The van der Waals surface area contributed by atoms with Crippen LogP contribution in [-0.2, 0) is 4.74 Å². The van der Waals surface area contributed by atoms with Gasteiger partial charge in [-0.1, -0.05) is 37.1 Å². The monoisotopic (exact) mass is 317 g/mol. The van der Waals surface area contributed by atoms with Gasteiger partial charge in [-0.15, -0.1) is 0 Å². The first kappa shape index (κ1) is 16.3. The topological polar surface area (TPSA) is 24.7 Å². The van der Waals surface area contributed by atoms with E-state index >= 15 is 0 Å². The number of hydrogen-bond acceptors (Lipinski definition) is 3. The van der Waals surface area contributed by atoms with E-state index in [1.54, 1.807) is 7.11 Å². The zero-order valence-electron chi connectivity index (χ0n) is 14.6. The minimum Gasteiger partial charge on any atom is -0.384 e. The molecule has 0 saturated heterocycles. The molecule has 0 amide bonds. The van der Waals surface area contributed by atoms with Gasteiger partial charge in [0.25, 0.3) is 0 Å². The Morgan fingerprint density at radius 2 is 2.13 bits per heavy atom. The number of hydrazine groups is 1. The number of benzene rings is 1. The van der Waals surface area contributed by atoms with E-state index in [-0.39, 0.29) is 0 Å². The number of hydrazone groups is 1. The quantitative estimate of drug-likeness (QED) is 0.593. The van der Waals surface area contributed by atoms with Crippen molar-refractivity contribution in [3.63, 3.8) is 0 Å². The van der Waals surface area contributed by atoms with Gasteiger partial charge in [0.15, 0.2) is 12.3 Å². The van der Waals surface area contributed by atoms with Crippen LogP contribution in [0, 0.1) is 11.8 Å². The molecule has 1 saturated carbocycles. The van der Waals surface area contributed by atoms with Gasteiger partial charge < -0.3 is 9.57 Å². The second kappa shape index (κ2) is 7.35. The Hall–Kier alpha value is -1.55. The second-order valence-electron chi connectivity index (χ2n) is 6.78. The number of hydrogen-bond donors (Lipinski definition) is 0. The van der Waals surface area contributed by atoms with Crippen LogP contribution in [0.3, 0.4) is 0 Å². The van der Waals surface area contributed by atoms with Crippen molar-refractivity contribution in [3.05, 3.63) is 29.8 Å². The fraction of sp³-hybridized carbons (Fsp3) is 0.632. The molecule has 0 spiro atoms. The van der Waals surface area contributed by atoms with Gasteiger partial charge in [-0.25, -0.2) is 0 Å². The van der Waals surface area contributed by atoms with Crippen LogP contribution in [0.15, 0.2) is 24.3 Å². The van der Waals surface area contributed by atoms with Crippen LogP contribution in [0.2, 0.25) is 0 Å². The van der Waals surface area contributed by atoms with Crippen LogP contribution in [0.1, 0.15) is 45.1 Å². The van der Waals surface area contributed by atoms with E-state index in [4.69, 9.17) is 9.57 Å². The maximum atomic E-state index is 6.35. The van der Waals surface area contributed by atoms with E-state index in [1.807, 2.05) is 6.07 Å². The summed E-state index contributed by atoms with van der Waals surface area (Å²) in [6.07, 6.45) is 7.02. The highest BCUT2D eigenvalue weighted by molar-refractivity contribution is 5.80. The fourth-order valence-corrected chi connectivity index (χ4v) is 3.93. The Morgan fingerprint density at radius 1 is 1.30 bits per heavy atom. The lowest BCUT2D eigenvalue weighted by Crippen LogP contribution is -2.52. The lowest BCUT2D eigenvalue weighted by atomic mass is 9.97. The Bertz CT molecular complexity index is 558. The molecule has 2 aliphatic rings. The summed E-state index contributed by atoms with van der Waals surface area (Å²) < 4.78 is 7.49. The van der Waals surface area contributed by atoms with Gasteiger partial charge in [0.05, 0.1) is 12.2 Å². The van der Waals surface area contributed by atoms with Crippen LogP contribution in [0.5, 0.6) is 5.75 Å². The number of methoxy groups -OCH3 is 1. The van der Waals surface area contributed by atoms with Crippen LogP contribution in [-0.4, -0.2) is 42.4 Å². The summed E-state index contributed by atoms with van der Waals surface area (Å²) in [6.45, 7) is 6.35. The van der Waals surface area contributed by atoms with Crippen molar-refractivity contribution >= 4 is 6.21 Å². The van der Waals surface area contributed by atoms with E-state index in [0.29, 0.717) is 17.9 Å². The first-order valence-electron chi connectivity index (χ1n) is 8.91. The highest BCUT2D eigenvalue weighted by atomic mass is 16.7. The minimum atomic E-state index is 0.451. The molecule has 1 aliphatic carbocycles. The predicted molar refractivity (Wildman–Crippen MR) is 91.7 cm³/mol. The fourth-order valence-electron chi connectivity index (χ4n) is 3.93. The van der Waals surface area contributed by atoms with Gasteiger partial charge >= 0.3 is 0 Å². The highest BCUT2D eigenvalue weighted by Gasteiger charge is 2.44. The minimum absolute atomic E-state index is 0.451. The zero-order chi connectivity index (χ0) is 16.2. The normalized spacial score (nSPS) is 26.7. The summed E-state index contributed by atoms with van der Waals surface area (Å²) in [7, 11) is 1.76. The third-order valence-electron chi connectivity index (χ3n) is 5.23. The van der Waals surface area contributed by atoms with Crippen molar-refractivity contribution in [2.24, 2.45) is 11.8 Å². The molecule has 0 radical (unpaired) electrons. The molecular weight excluding hydrogens is 288 g/mol.